The number of carbonyl (C=O) groups excluding carboxylic acids is 2. The van der Waals surface area contributed by atoms with E-state index in [1.807, 2.05) is 13.0 Å². The number of esters is 1. The second-order valence-corrected chi connectivity index (χ2v) is 16.9. The smallest absolute Gasteiger partial charge is 0.318 e. The van der Waals surface area contributed by atoms with Gasteiger partial charge in [-0.15, -0.1) is 0 Å². The average Bonchev–Trinajstić information content (AvgIpc) is 3.04. The van der Waals surface area contributed by atoms with Crippen molar-refractivity contribution < 1.29 is 59.9 Å². The van der Waals surface area contributed by atoms with Crippen molar-refractivity contribution in [1.29, 1.82) is 0 Å². The highest BCUT2D eigenvalue weighted by Gasteiger charge is 2.70. The zero-order chi connectivity index (χ0) is 35.8. The molecule has 3 saturated carbocycles. The van der Waals surface area contributed by atoms with Crippen LogP contribution in [0.25, 0.3) is 0 Å². The molecule has 0 aromatic rings. The number of fused-ring (bicyclic) bond motifs is 5. The van der Waals surface area contributed by atoms with Gasteiger partial charge in [0.05, 0.1) is 36.9 Å². The highest BCUT2D eigenvalue weighted by atomic mass is 16.7. The molecular weight excluding hydrogens is 624 g/mol. The van der Waals surface area contributed by atoms with Gasteiger partial charge >= 0.3 is 5.97 Å². The Labute approximate surface area is 283 Å². The molecule has 16 unspecified atom stereocenters. The van der Waals surface area contributed by atoms with E-state index in [0.29, 0.717) is 44.1 Å². The first-order valence-electron chi connectivity index (χ1n) is 17.7. The van der Waals surface area contributed by atoms with Gasteiger partial charge in [-0.25, -0.2) is 0 Å². The predicted molar refractivity (Wildman–Crippen MR) is 172 cm³/mol. The summed E-state index contributed by atoms with van der Waals surface area (Å²) in [5, 5.41) is 85.5. The fourth-order valence-corrected chi connectivity index (χ4v) is 11.0. The number of hydrogen-bond acceptors (Lipinski definition) is 12. The van der Waals surface area contributed by atoms with Crippen LogP contribution >= 0.6 is 0 Å². The van der Waals surface area contributed by atoms with Gasteiger partial charge in [-0.1, -0.05) is 40.7 Å². The first-order chi connectivity index (χ1) is 22.3. The summed E-state index contributed by atoms with van der Waals surface area (Å²) in [6, 6.07) is 0. The van der Waals surface area contributed by atoms with E-state index in [4.69, 9.17) is 9.47 Å². The van der Waals surface area contributed by atoms with E-state index >= 15 is 0 Å². The number of carbonyl (C=O) groups is 2. The summed E-state index contributed by atoms with van der Waals surface area (Å²) in [5.41, 5.74) is -2.94. The minimum absolute atomic E-state index is 0.0338. The maximum absolute atomic E-state index is 14.3. The van der Waals surface area contributed by atoms with E-state index in [2.05, 4.69) is 20.8 Å². The van der Waals surface area contributed by atoms with E-state index in [9.17, 15) is 50.4 Å². The van der Waals surface area contributed by atoms with Crippen LogP contribution in [-0.2, 0) is 19.1 Å². The summed E-state index contributed by atoms with van der Waals surface area (Å²) >= 11 is 0. The van der Waals surface area contributed by atoms with E-state index in [0.717, 1.165) is 6.42 Å². The van der Waals surface area contributed by atoms with Crippen molar-refractivity contribution in [2.45, 2.75) is 142 Å². The van der Waals surface area contributed by atoms with Crippen molar-refractivity contribution in [2.24, 2.45) is 44.8 Å². The van der Waals surface area contributed by atoms with E-state index in [1.165, 1.54) is 6.92 Å². The van der Waals surface area contributed by atoms with Crippen LogP contribution in [0.3, 0.4) is 0 Å². The Morgan fingerprint density at radius 1 is 0.958 bits per heavy atom. The molecule has 0 aromatic carbocycles. The lowest BCUT2D eigenvalue weighted by molar-refractivity contribution is -0.295. The lowest BCUT2D eigenvalue weighted by Crippen LogP contribution is -2.68. The molecule has 4 fully saturated rings. The lowest BCUT2D eigenvalue weighted by Gasteiger charge is -2.71. The first-order valence-corrected chi connectivity index (χ1v) is 17.7. The van der Waals surface area contributed by atoms with Gasteiger partial charge in [0.25, 0.3) is 0 Å². The molecule has 8 N–H and O–H groups in total. The summed E-state index contributed by atoms with van der Waals surface area (Å²) < 4.78 is 11.2. The van der Waals surface area contributed by atoms with Gasteiger partial charge < -0.3 is 50.3 Å². The van der Waals surface area contributed by atoms with Crippen molar-refractivity contribution in [3.05, 3.63) is 11.6 Å². The predicted octanol–water partition coefficient (Wildman–Crippen LogP) is 0.975. The largest absolute Gasteiger partial charge is 0.432 e. The second-order valence-electron chi connectivity index (χ2n) is 16.9. The Morgan fingerprint density at radius 2 is 1.62 bits per heavy atom. The zero-order valence-electron chi connectivity index (χ0n) is 29.2. The topological polar surface area (TPSA) is 214 Å². The molecule has 0 amide bonds. The SMILES string of the molecule is CC(=O)C(C)CCC1(C(=O)OC2OC(CO)C(O)C(O)C2O)C=C2C(O)CC3C4(C)CC(O)C(O)C(C)(CO)C4CCC3(C)C2(C)CC1. The Kier molecular flexibility index (Phi) is 10.2. The van der Waals surface area contributed by atoms with Gasteiger partial charge in [0.2, 0.25) is 6.29 Å². The minimum Gasteiger partial charge on any atom is -0.432 e. The summed E-state index contributed by atoms with van der Waals surface area (Å²) in [6.45, 7) is 10.7. The van der Waals surface area contributed by atoms with Crippen molar-refractivity contribution in [1.82, 2.24) is 0 Å². The molecule has 1 heterocycles. The van der Waals surface area contributed by atoms with Crippen LogP contribution in [0.1, 0.15) is 92.9 Å². The number of rotatable bonds is 8. The maximum atomic E-state index is 14.3. The Morgan fingerprint density at radius 3 is 2.23 bits per heavy atom. The van der Waals surface area contributed by atoms with Gasteiger partial charge in [0.1, 0.15) is 30.2 Å². The van der Waals surface area contributed by atoms with Gasteiger partial charge in [-0.2, -0.15) is 0 Å². The minimum atomic E-state index is -1.77. The number of aliphatic hydroxyl groups is 8. The number of hydrogen-bond donors (Lipinski definition) is 8. The molecule has 0 radical (unpaired) electrons. The van der Waals surface area contributed by atoms with Crippen molar-refractivity contribution in [2.75, 3.05) is 13.2 Å². The molecular formula is C36H58O12. The Balaban J connectivity index is 1.52. The number of aliphatic hydroxyl groups excluding tert-OH is 8. The molecule has 0 bridgehead atoms. The normalized spacial score (nSPS) is 51.1. The third-order valence-electron chi connectivity index (χ3n) is 14.6. The standard InChI is InChI=1S/C36H58O12/c1-18(19(2)39)7-10-36(31(46)48-30-28(44)27(43)26(42)23(16-37)47-30)12-11-34(5)20(14-36)21(40)13-25-32(3)15-22(41)29(45)33(4,17-38)24(32)8-9-35(25,34)6/h14,18,21-30,37-38,40-45H,7-13,15-17H2,1-6H3. The van der Waals surface area contributed by atoms with Crippen LogP contribution in [0, 0.1) is 44.8 Å². The highest BCUT2D eigenvalue weighted by Crippen LogP contribution is 2.74. The van der Waals surface area contributed by atoms with Crippen LogP contribution < -0.4 is 0 Å². The highest BCUT2D eigenvalue weighted by molar-refractivity contribution is 5.81. The third-order valence-corrected chi connectivity index (χ3v) is 14.6. The third kappa shape index (κ3) is 5.53. The molecule has 0 aromatic heterocycles. The average molecular weight is 683 g/mol. The summed E-state index contributed by atoms with van der Waals surface area (Å²) in [4.78, 5) is 26.5. The molecule has 0 spiro atoms. The zero-order valence-corrected chi connectivity index (χ0v) is 29.2. The molecule has 12 nitrogen and oxygen atoms in total. The molecule has 48 heavy (non-hydrogen) atoms. The molecule has 4 aliphatic carbocycles. The van der Waals surface area contributed by atoms with E-state index < -0.39 is 83.3 Å². The van der Waals surface area contributed by atoms with Gasteiger partial charge in [0.15, 0.2) is 0 Å². The van der Waals surface area contributed by atoms with Crippen molar-refractivity contribution in [3.63, 3.8) is 0 Å². The van der Waals surface area contributed by atoms with Gasteiger partial charge in [-0.3, -0.25) is 9.59 Å². The summed E-state index contributed by atoms with van der Waals surface area (Å²) in [6.07, 6.45) is -5.72. The molecule has 5 rings (SSSR count). The second kappa shape index (κ2) is 12.9. The van der Waals surface area contributed by atoms with Crippen LogP contribution in [-0.4, -0.2) is 115 Å². The Bertz CT molecular complexity index is 1270. The van der Waals surface area contributed by atoms with Gasteiger partial charge in [0, 0.05) is 11.3 Å². The number of ether oxygens (including phenoxy) is 2. The molecule has 5 aliphatic rings. The van der Waals surface area contributed by atoms with Crippen LogP contribution in [0.2, 0.25) is 0 Å². The first kappa shape index (κ1) is 37.8. The fourth-order valence-electron chi connectivity index (χ4n) is 11.0. The Hall–Kier alpha value is -1.48. The van der Waals surface area contributed by atoms with E-state index in [-0.39, 0.29) is 42.0 Å². The quantitative estimate of drug-likeness (QED) is 0.133. The van der Waals surface area contributed by atoms with Crippen LogP contribution in [0.4, 0.5) is 0 Å². The molecule has 1 saturated heterocycles. The monoisotopic (exact) mass is 682 g/mol. The molecule has 16 atom stereocenters. The van der Waals surface area contributed by atoms with Gasteiger partial charge in [-0.05, 0) is 91.9 Å². The van der Waals surface area contributed by atoms with Crippen LogP contribution in [0.5, 0.6) is 0 Å². The summed E-state index contributed by atoms with van der Waals surface area (Å²) in [5.74, 6) is -1.29. The number of ketones is 1. The molecule has 1 aliphatic heterocycles. The maximum Gasteiger partial charge on any atom is 0.318 e. The summed E-state index contributed by atoms with van der Waals surface area (Å²) in [7, 11) is 0. The van der Waals surface area contributed by atoms with E-state index in [1.54, 1.807) is 6.92 Å². The molecule has 12 heteroatoms. The van der Waals surface area contributed by atoms with Crippen LogP contribution in [0.15, 0.2) is 11.6 Å². The van der Waals surface area contributed by atoms with Crippen molar-refractivity contribution in [3.8, 4) is 0 Å². The molecule has 274 valence electrons. The number of Topliss-reactive ketones (excluding diaryl/α,β-unsaturated/α-hetero) is 1. The lowest BCUT2D eigenvalue weighted by atomic mass is 9.34. The van der Waals surface area contributed by atoms with Crippen molar-refractivity contribution >= 4 is 11.8 Å². The fraction of sp³-hybridized carbons (Fsp3) is 0.889.